The molecule has 0 radical (unpaired) electrons. The van der Waals surface area contributed by atoms with Crippen LogP contribution in [0.25, 0.3) is 0 Å². The second kappa shape index (κ2) is 8.91. The van der Waals surface area contributed by atoms with Gasteiger partial charge in [0.1, 0.15) is 0 Å². The van der Waals surface area contributed by atoms with Crippen LogP contribution < -0.4 is 0 Å². The Kier molecular flexibility index (Phi) is 7.08. The third-order valence-electron chi connectivity index (χ3n) is 4.19. The minimum Gasteiger partial charge on any atom is -0.465 e. The fourth-order valence-electron chi connectivity index (χ4n) is 2.52. The molecule has 0 atom stereocenters. The Bertz CT molecular complexity index is 906. The summed E-state index contributed by atoms with van der Waals surface area (Å²) in [6, 6.07) is 12.4. The maximum Gasteiger partial charge on any atom is 0.338 e. The molecule has 0 unspecified atom stereocenters. The first kappa shape index (κ1) is 21.5. The molecular weight excluding hydrogens is 382 g/mol. The first-order chi connectivity index (χ1) is 12.7. The molecular formula is C20H25NO4S2. The van der Waals surface area contributed by atoms with Gasteiger partial charge in [-0.25, -0.2) is 13.2 Å². The Morgan fingerprint density at radius 2 is 1.78 bits per heavy atom. The van der Waals surface area contributed by atoms with E-state index in [2.05, 4.69) is 13.8 Å². The highest BCUT2D eigenvalue weighted by Crippen LogP contribution is 2.31. The summed E-state index contributed by atoms with van der Waals surface area (Å²) >= 11 is 1.16. The van der Waals surface area contributed by atoms with Gasteiger partial charge in [-0.15, -0.1) is 3.71 Å². The first-order valence-corrected chi connectivity index (χ1v) is 10.9. The van der Waals surface area contributed by atoms with E-state index in [-0.39, 0.29) is 10.5 Å². The van der Waals surface area contributed by atoms with Gasteiger partial charge in [0.2, 0.25) is 0 Å². The average molecular weight is 408 g/mol. The van der Waals surface area contributed by atoms with Crippen LogP contribution in [0.5, 0.6) is 0 Å². The summed E-state index contributed by atoms with van der Waals surface area (Å²) in [4.78, 5) is 12.8. The maximum atomic E-state index is 13.1. The van der Waals surface area contributed by atoms with Gasteiger partial charge < -0.3 is 4.74 Å². The fraction of sp³-hybridized carbons (Fsp3) is 0.350. The van der Waals surface area contributed by atoms with E-state index < -0.39 is 16.0 Å². The third kappa shape index (κ3) is 4.91. The number of rotatable bonds is 7. The molecule has 0 saturated carbocycles. The highest BCUT2D eigenvalue weighted by Gasteiger charge is 2.26. The normalized spacial score (nSPS) is 11.8. The summed E-state index contributed by atoms with van der Waals surface area (Å²) in [6.07, 6.45) is 0. The molecule has 0 aliphatic carbocycles. The number of methoxy groups -OCH3 is 1. The van der Waals surface area contributed by atoms with Crippen LogP contribution in [0, 0.1) is 6.92 Å². The zero-order valence-electron chi connectivity index (χ0n) is 16.2. The van der Waals surface area contributed by atoms with Gasteiger partial charge in [0.15, 0.2) is 0 Å². The van der Waals surface area contributed by atoms with Crippen LogP contribution in [0.4, 0.5) is 0 Å². The molecule has 2 aromatic carbocycles. The van der Waals surface area contributed by atoms with Gasteiger partial charge in [0.05, 0.1) is 17.6 Å². The van der Waals surface area contributed by atoms with Crippen molar-refractivity contribution in [3.05, 3.63) is 59.2 Å². The van der Waals surface area contributed by atoms with Gasteiger partial charge in [-0.05, 0) is 60.2 Å². The smallest absolute Gasteiger partial charge is 0.338 e. The van der Waals surface area contributed by atoms with Crippen molar-refractivity contribution < 1.29 is 17.9 Å². The number of hydrogen-bond donors (Lipinski definition) is 0. The maximum absolute atomic E-state index is 13.1. The molecule has 5 nitrogen and oxygen atoms in total. The van der Waals surface area contributed by atoms with Crippen LogP contribution in [0.3, 0.4) is 0 Å². The second-order valence-electron chi connectivity index (χ2n) is 6.41. The van der Waals surface area contributed by atoms with Crippen molar-refractivity contribution in [2.24, 2.45) is 0 Å². The molecule has 146 valence electrons. The predicted octanol–water partition coefficient (Wildman–Crippen LogP) is 4.62. The fourth-order valence-corrected chi connectivity index (χ4v) is 5.14. The number of carbonyl (C=O) groups is 1. The molecule has 2 aromatic rings. The highest BCUT2D eigenvalue weighted by atomic mass is 32.3. The van der Waals surface area contributed by atoms with Crippen LogP contribution in [-0.4, -0.2) is 31.8 Å². The molecule has 0 aliphatic rings. The number of esters is 1. The zero-order valence-corrected chi connectivity index (χ0v) is 17.9. The molecule has 0 N–H and O–H groups in total. The summed E-state index contributed by atoms with van der Waals surface area (Å²) < 4.78 is 32.2. The molecule has 0 heterocycles. The monoisotopic (exact) mass is 407 g/mol. The quantitative estimate of drug-likeness (QED) is 0.495. The lowest BCUT2D eigenvalue weighted by Crippen LogP contribution is -2.24. The minimum absolute atomic E-state index is 0.0710. The van der Waals surface area contributed by atoms with Gasteiger partial charge in [-0.1, -0.05) is 39.0 Å². The number of ether oxygens (including phenoxy) is 1. The molecule has 0 fully saturated rings. The van der Waals surface area contributed by atoms with Crippen molar-refractivity contribution in [1.82, 2.24) is 3.71 Å². The van der Waals surface area contributed by atoms with E-state index in [1.165, 1.54) is 28.5 Å². The van der Waals surface area contributed by atoms with Gasteiger partial charge >= 0.3 is 5.97 Å². The largest absolute Gasteiger partial charge is 0.465 e. The molecule has 7 heteroatoms. The minimum atomic E-state index is -3.77. The lowest BCUT2D eigenvalue weighted by atomic mass is 10.0. The van der Waals surface area contributed by atoms with E-state index in [4.69, 9.17) is 4.74 Å². The van der Waals surface area contributed by atoms with E-state index in [1.807, 2.05) is 24.3 Å². The van der Waals surface area contributed by atoms with Gasteiger partial charge in [-0.3, -0.25) is 0 Å². The zero-order chi connectivity index (χ0) is 20.2. The highest BCUT2D eigenvalue weighted by molar-refractivity contribution is 8.08. The first-order valence-electron chi connectivity index (χ1n) is 8.70. The van der Waals surface area contributed by atoms with E-state index in [0.29, 0.717) is 18.0 Å². The van der Waals surface area contributed by atoms with Crippen molar-refractivity contribution in [1.29, 1.82) is 0 Å². The number of benzene rings is 2. The molecule has 2 rings (SSSR count). The van der Waals surface area contributed by atoms with Gasteiger partial charge in [0.25, 0.3) is 10.0 Å². The lowest BCUT2D eigenvalue weighted by Gasteiger charge is -2.20. The standard InChI is InChI=1S/C20H25NO4S2/c1-6-21(26-17-10-8-16(9-11-17)14(2)3)27(23,24)18-12-7-15(4)19(13-18)20(22)25-5/h7-14H,6H2,1-5H3. The van der Waals surface area contributed by atoms with E-state index in [9.17, 15) is 13.2 Å². The summed E-state index contributed by atoms with van der Waals surface area (Å²) in [5, 5.41) is 0. The number of sulfonamides is 1. The van der Waals surface area contributed by atoms with Crippen LogP contribution in [0.15, 0.2) is 52.3 Å². The van der Waals surface area contributed by atoms with Crippen molar-refractivity contribution in [3.63, 3.8) is 0 Å². The molecule has 0 aromatic heterocycles. The predicted molar refractivity (Wildman–Crippen MR) is 108 cm³/mol. The topological polar surface area (TPSA) is 63.7 Å². The summed E-state index contributed by atoms with van der Waals surface area (Å²) in [7, 11) is -2.49. The van der Waals surface area contributed by atoms with Gasteiger partial charge in [-0.2, -0.15) is 0 Å². The van der Waals surface area contributed by atoms with E-state index in [0.717, 1.165) is 16.8 Å². The molecule has 0 spiro atoms. The van der Waals surface area contributed by atoms with Crippen LogP contribution in [0.1, 0.15) is 48.2 Å². The van der Waals surface area contributed by atoms with Crippen LogP contribution in [0.2, 0.25) is 0 Å². The summed E-state index contributed by atoms with van der Waals surface area (Å²) in [5.74, 6) is -0.135. The summed E-state index contributed by atoms with van der Waals surface area (Å²) in [6.45, 7) is 8.04. The van der Waals surface area contributed by atoms with Gasteiger partial charge in [0, 0.05) is 11.4 Å². The average Bonchev–Trinajstić information content (AvgIpc) is 2.65. The molecule has 27 heavy (non-hydrogen) atoms. The van der Waals surface area contributed by atoms with Crippen molar-refractivity contribution >= 4 is 27.9 Å². The lowest BCUT2D eigenvalue weighted by molar-refractivity contribution is 0.0599. The van der Waals surface area contributed by atoms with Crippen molar-refractivity contribution in [3.8, 4) is 0 Å². The summed E-state index contributed by atoms with van der Waals surface area (Å²) in [5.41, 5.74) is 2.12. The number of hydrogen-bond acceptors (Lipinski definition) is 5. The van der Waals surface area contributed by atoms with Crippen molar-refractivity contribution in [2.75, 3.05) is 13.7 Å². The number of nitrogens with zero attached hydrogens (tertiary/aromatic N) is 1. The second-order valence-corrected chi connectivity index (χ2v) is 9.60. The Morgan fingerprint density at radius 1 is 1.15 bits per heavy atom. The Labute approximate surface area is 165 Å². The number of aryl methyl sites for hydroxylation is 1. The number of carbonyl (C=O) groups excluding carboxylic acids is 1. The Hall–Kier alpha value is -1.83. The van der Waals surface area contributed by atoms with E-state index in [1.54, 1.807) is 19.9 Å². The molecule has 0 saturated heterocycles. The van der Waals surface area contributed by atoms with Crippen molar-refractivity contribution in [2.45, 2.75) is 43.4 Å². The molecule has 0 aliphatic heterocycles. The molecule has 0 bridgehead atoms. The Balaban J connectivity index is 2.33. The SMILES string of the molecule is CCN(Sc1ccc(C(C)C)cc1)S(=O)(=O)c1ccc(C)c(C(=O)OC)c1. The third-order valence-corrected chi connectivity index (χ3v) is 7.59. The van der Waals surface area contributed by atoms with E-state index >= 15 is 0 Å². The molecule has 0 amide bonds. The Morgan fingerprint density at radius 3 is 2.30 bits per heavy atom. The van der Waals surface area contributed by atoms with Crippen LogP contribution >= 0.6 is 11.9 Å². The van der Waals surface area contributed by atoms with Crippen LogP contribution in [-0.2, 0) is 14.8 Å².